The first kappa shape index (κ1) is 27.1. The summed E-state index contributed by atoms with van der Waals surface area (Å²) >= 11 is 1.50. The standard InChI is InChI=1S/C16H27N5O8S/c1-30-5-4-8(17)14(26)19-7-12(23)20-10(6-11(18)22)15(27)21-9(16(28)29)2-3-13(24)25/h8-10H,2-7,17H2,1H3,(H2,18,22)(H,19,26)(H,20,23)(H,21,27)(H,24,25)(H,28,29). The zero-order chi connectivity index (χ0) is 23.3. The minimum Gasteiger partial charge on any atom is -0.481 e. The van der Waals surface area contributed by atoms with Crippen LogP contribution in [0.1, 0.15) is 25.7 Å². The predicted molar refractivity (Wildman–Crippen MR) is 106 cm³/mol. The second-order valence-corrected chi connectivity index (χ2v) is 7.21. The quantitative estimate of drug-likeness (QED) is 0.134. The van der Waals surface area contributed by atoms with Crippen LogP contribution in [-0.4, -0.2) is 82.5 Å². The van der Waals surface area contributed by atoms with Gasteiger partial charge in [-0.2, -0.15) is 11.8 Å². The zero-order valence-electron chi connectivity index (χ0n) is 16.4. The van der Waals surface area contributed by atoms with Gasteiger partial charge >= 0.3 is 11.9 Å². The highest BCUT2D eigenvalue weighted by molar-refractivity contribution is 7.98. The van der Waals surface area contributed by atoms with Crippen molar-refractivity contribution < 1.29 is 39.0 Å². The molecule has 0 saturated carbocycles. The number of carboxylic acid groups (broad SMARTS) is 2. The van der Waals surface area contributed by atoms with Gasteiger partial charge in [0.2, 0.25) is 23.6 Å². The van der Waals surface area contributed by atoms with Crippen LogP contribution in [0.4, 0.5) is 0 Å². The van der Waals surface area contributed by atoms with Crippen molar-refractivity contribution in [2.45, 2.75) is 43.8 Å². The predicted octanol–water partition coefficient (Wildman–Crippen LogP) is -3.02. The second kappa shape index (κ2) is 14.2. The summed E-state index contributed by atoms with van der Waals surface area (Å²) in [5, 5.41) is 24.3. The minimum atomic E-state index is -1.55. The Hall–Kier alpha value is -2.87. The molecule has 0 aliphatic heterocycles. The van der Waals surface area contributed by atoms with E-state index in [9.17, 15) is 28.8 Å². The molecule has 0 aromatic rings. The molecule has 0 saturated heterocycles. The van der Waals surface area contributed by atoms with E-state index in [4.69, 9.17) is 21.7 Å². The van der Waals surface area contributed by atoms with E-state index in [1.54, 1.807) is 0 Å². The lowest BCUT2D eigenvalue weighted by Crippen LogP contribution is -2.54. The molecule has 14 heteroatoms. The summed E-state index contributed by atoms with van der Waals surface area (Å²) in [4.78, 5) is 69.1. The average Bonchev–Trinajstić information content (AvgIpc) is 2.65. The van der Waals surface area contributed by atoms with Crippen molar-refractivity contribution in [2.75, 3.05) is 18.6 Å². The summed E-state index contributed by atoms with van der Waals surface area (Å²) in [5.74, 6) is -5.49. The van der Waals surface area contributed by atoms with E-state index in [0.717, 1.165) is 0 Å². The van der Waals surface area contributed by atoms with Crippen molar-refractivity contribution in [3.8, 4) is 0 Å². The molecule has 4 amide bonds. The van der Waals surface area contributed by atoms with E-state index in [2.05, 4.69) is 16.0 Å². The number of rotatable bonds is 15. The number of primary amides is 1. The maximum absolute atomic E-state index is 12.3. The Morgan fingerprint density at radius 1 is 0.967 bits per heavy atom. The Labute approximate surface area is 176 Å². The smallest absolute Gasteiger partial charge is 0.326 e. The van der Waals surface area contributed by atoms with Gasteiger partial charge in [0.05, 0.1) is 19.0 Å². The molecule has 9 N–H and O–H groups in total. The van der Waals surface area contributed by atoms with E-state index in [1.807, 2.05) is 6.26 Å². The number of hydrogen-bond donors (Lipinski definition) is 7. The number of carbonyl (C=O) groups excluding carboxylic acids is 4. The van der Waals surface area contributed by atoms with Gasteiger partial charge in [0.25, 0.3) is 0 Å². The summed E-state index contributed by atoms with van der Waals surface area (Å²) in [6.07, 6.45) is 0.682. The van der Waals surface area contributed by atoms with Crippen LogP contribution < -0.4 is 27.4 Å². The largest absolute Gasteiger partial charge is 0.481 e. The van der Waals surface area contributed by atoms with E-state index in [0.29, 0.717) is 12.2 Å². The summed E-state index contributed by atoms with van der Waals surface area (Å²) in [7, 11) is 0. The van der Waals surface area contributed by atoms with Crippen LogP contribution in [-0.2, 0) is 28.8 Å². The Morgan fingerprint density at radius 2 is 1.60 bits per heavy atom. The third kappa shape index (κ3) is 11.9. The van der Waals surface area contributed by atoms with Crippen LogP contribution in [0, 0.1) is 0 Å². The molecule has 170 valence electrons. The molecule has 0 aromatic heterocycles. The fourth-order valence-electron chi connectivity index (χ4n) is 2.13. The first-order valence-corrected chi connectivity index (χ1v) is 10.2. The number of aliphatic carboxylic acids is 2. The molecule has 3 unspecified atom stereocenters. The van der Waals surface area contributed by atoms with Crippen molar-refractivity contribution in [1.29, 1.82) is 0 Å². The molecule has 0 heterocycles. The highest BCUT2D eigenvalue weighted by atomic mass is 32.2. The molecule has 3 atom stereocenters. The third-order valence-electron chi connectivity index (χ3n) is 3.71. The highest BCUT2D eigenvalue weighted by Crippen LogP contribution is 2.01. The van der Waals surface area contributed by atoms with Crippen molar-refractivity contribution in [2.24, 2.45) is 11.5 Å². The topological polar surface area (TPSA) is 231 Å². The van der Waals surface area contributed by atoms with Gasteiger partial charge < -0.3 is 37.6 Å². The number of nitrogens with one attached hydrogen (secondary N) is 3. The van der Waals surface area contributed by atoms with Crippen LogP contribution in [0.25, 0.3) is 0 Å². The van der Waals surface area contributed by atoms with Crippen molar-refractivity contribution in [3.63, 3.8) is 0 Å². The molecule has 0 bridgehead atoms. The van der Waals surface area contributed by atoms with Gasteiger partial charge in [-0.05, 0) is 24.9 Å². The number of carboxylic acids is 2. The molecule has 0 aliphatic carbocycles. The minimum absolute atomic E-state index is 0.397. The fraction of sp³-hybridized carbons (Fsp3) is 0.625. The maximum Gasteiger partial charge on any atom is 0.326 e. The number of thioether (sulfide) groups is 1. The van der Waals surface area contributed by atoms with Gasteiger partial charge in [-0.1, -0.05) is 0 Å². The Balaban J connectivity index is 4.89. The lowest BCUT2D eigenvalue weighted by molar-refractivity contribution is -0.143. The molecule has 0 fully saturated rings. The number of nitrogens with two attached hydrogens (primary N) is 2. The Bertz CT molecular complexity index is 660. The molecule has 0 rings (SSSR count). The van der Waals surface area contributed by atoms with Gasteiger partial charge in [0, 0.05) is 6.42 Å². The fourth-order valence-corrected chi connectivity index (χ4v) is 2.62. The molecular weight excluding hydrogens is 422 g/mol. The first-order valence-electron chi connectivity index (χ1n) is 8.82. The first-order chi connectivity index (χ1) is 14.0. The van der Waals surface area contributed by atoms with Crippen LogP contribution in [0.5, 0.6) is 0 Å². The number of amides is 4. The van der Waals surface area contributed by atoms with Crippen molar-refractivity contribution >= 4 is 47.3 Å². The maximum atomic E-state index is 12.3. The summed E-state index contributed by atoms with van der Waals surface area (Å²) in [6, 6.07) is -3.88. The lowest BCUT2D eigenvalue weighted by Gasteiger charge is -2.20. The van der Waals surface area contributed by atoms with Crippen LogP contribution in [0.3, 0.4) is 0 Å². The summed E-state index contributed by atoms with van der Waals surface area (Å²) in [5.41, 5.74) is 10.7. The van der Waals surface area contributed by atoms with Gasteiger partial charge in [0.1, 0.15) is 12.1 Å². The molecule has 0 spiro atoms. The van der Waals surface area contributed by atoms with E-state index < -0.39 is 79.5 Å². The molecule has 0 aliphatic rings. The molecule has 30 heavy (non-hydrogen) atoms. The van der Waals surface area contributed by atoms with Crippen molar-refractivity contribution in [1.82, 2.24) is 16.0 Å². The SMILES string of the molecule is CSCCC(N)C(=O)NCC(=O)NC(CC(N)=O)C(=O)NC(CCC(=O)O)C(=O)O. The Morgan fingerprint density at radius 3 is 2.10 bits per heavy atom. The van der Waals surface area contributed by atoms with Gasteiger partial charge in [0.15, 0.2) is 0 Å². The van der Waals surface area contributed by atoms with Crippen LogP contribution in [0.15, 0.2) is 0 Å². The second-order valence-electron chi connectivity index (χ2n) is 6.23. The summed E-state index contributed by atoms with van der Waals surface area (Å²) in [6.45, 7) is -0.532. The van der Waals surface area contributed by atoms with Gasteiger partial charge in [-0.25, -0.2) is 4.79 Å². The summed E-state index contributed by atoms with van der Waals surface area (Å²) < 4.78 is 0. The zero-order valence-corrected chi connectivity index (χ0v) is 17.2. The number of hydrogen-bond acceptors (Lipinski definition) is 8. The van der Waals surface area contributed by atoms with E-state index >= 15 is 0 Å². The third-order valence-corrected chi connectivity index (χ3v) is 4.36. The monoisotopic (exact) mass is 449 g/mol. The van der Waals surface area contributed by atoms with E-state index in [1.165, 1.54) is 11.8 Å². The Kier molecular flexibility index (Phi) is 12.8. The van der Waals surface area contributed by atoms with Crippen LogP contribution >= 0.6 is 11.8 Å². The van der Waals surface area contributed by atoms with Gasteiger partial charge in [-0.15, -0.1) is 0 Å². The molecule has 13 nitrogen and oxygen atoms in total. The lowest BCUT2D eigenvalue weighted by atomic mass is 10.1. The normalized spacial score (nSPS) is 13.4. The highest BCUT2D eigenvalue weighted by Gasteiger charge is 2.28. The van der Waals surface area contributed by atoms with Crippen LogP contribution in [0.2, 0.25) is 0 Å². The molecule has 0 radical (unpaired) electrons. The number of carbonyl (C=O) groups is 6. The van der Waals surface area contributed by atoms with E-state index in [-0.39, 0.29) is 0 Å². The average molecular weight is 449 g/mol. The molecule has 0 aromatic carbocycles. The van der Waals surface area contributed by atoms with Crippen molar-refractivity contribution in [3.05, 3.63) is 0 Å². The molecular formula is C16H27N5O8S. The van der Waals surface area contributed by atoms with Gasteiger partial charge in [-0.3, -0.25) is 24.0 Å².